The lowest BCUT2D eigenvalue weighted by Crippen LogP contribution is -1.92. The van der Waals surface area contributed by atoms with Gasteiger partial charge in [-0.15, -0.1) is 6.58 Å². The summed E-state index contributed by atoms with van der Waals surface area (Å²) in [5.74, 6) is 0.830. The molecule has 0 saturated carbocycles. The van der Waals surface area contributed by atoms with Crippen LogP contribution in [0, 0.1) is 11.3 Å². The Bertz CT molecular complexity index is 764. The minimum absolute atomic E-state index is 0.634. The second kappa shape index (κ2) is 8.74. The molecule has 2 rings (SSSR count). The quantitative estimate of drug-likeness (QED) is 0.387. The largest absolute Gasteiger partial charge is 0.496 e. The molecule has 2 aromatic rings. The molecule has 0 fully saturated rings. The molecule has 0 radical (unpaired) electrons. The molecule has 0 saturated heterocycles. The Morgan fingerprint density at radius 1 is 1.21 bits per heavy atom. The van der Waals surface area contributed by atoms with Gasteiger partial charge in [-0.2, -0.15) is 5.26 Å². The third-order valence-corrected chi connectivity index (χ3v) is 4.03. The maximum Gasteiger partial charge on any atom is 0.122 e. The van der Waals surface area contributed by atoms with Gasteiger partial charge in [-0.1, -0.05) is 49.4 Å². The second-order valence-electron chi connectivity index (χ2n) is 5.62. The maximum absolute atomic E-state index is 9.53. The molecule has 0 aliphatic carbocycles. The molecule has 2 nitrogen and oxygen atoms in total. The van der Waals surface area contributed by atoms with Crippen molar-refractivity contribution < 1.29 is 4.74 Å². The molecule has 0 aliphatic heterocycles. The van der Waals surface area contributed by atoms with Gasteiger partial charge < -0.3 is 4.74 Å². The Morgan fingerprint density at radius 3 is 2.54 bits per heavy atom. The van der Waals surface area contributed by atoms with E-state index in [1.807, 2.05) is 42.5 Å². The van der Waals surface area contributed by atoms with Crippen LogP contribution in [0.4, 0.5) is 0 Å². The summed E-state index contributed by atoms with van der Waals surface area (Å²) in [4.78, 5) is 0. The Balaban J connectivity index is 2.29. The zero-order chi connectivity index (χ0) is 17.4. The van der Waals surface area contributed by atoms with Crippen LogP contribution in [0.15, 0.2) is 55.1 Å². The van der Waals surface area contributed by atoms with Gasteiger partial charge in [0.15, 0.2) is 0 Å². The third kappa shape index (κ3) is 4.36. The first-order chi connectivity index (χ1) is 11.7. The topological polar surface area (TPSA) is 33.0 Å². The highest BCUT2D eigenvalue weighted by molar-refractivity contribution is 5.90. The molecule has 2 aromatic carbocycles. The van der Waals surface area contributed by atoms with Crippen LogP contribution in [-0.4, -0.2) is 7.11 Å². The minimum Gasteiger partial charge on any atom is -0.496 e. The van der Waals surface area contributed by atoms with Crippen molar-refractivity contribution in [1.29, 1.82) is 5.26 Å². The number of aryl methyl sites for hydroxylation is 2. The van der Waals surface area contributed by atoms with Gasteiger partial charge >= 0.3 is 0 Å². The van der Waals surface area contributed by atoms with E-state index in [1.165, 1.54) is 5.56 Å². The van der Waals surface area contributed by atoms with Crippen LogP contribution in [0.1, 0.15) is 35.6 Å². The third-order valence-electron chi connectivity index (χ3n) is 4.03. The number of allylic oxidation sites excluding steroid dienone is 2. The van der Waals surface area contributed by atoms with Crippen LogP contribution < -0.4 is 4.74 Å². The van der Waals surface area contributed by atoms with Crippen molar-refractivity contribution in [2.75, 3.05) is 7.11 Å². The van der Waals surface area contributed by atoms with E-state index in [1.54, 1.807) is 7.11 Å². The molecule has 0 spiro atoms. The molecule has 2 heteroatoms. The Labute approximate surface area is 144 Å². The standard InChI is InChI=1S/C22H23NO/c1-4-6-7-17-8-10-18(11-9-17)14-21(16-23)20-13-12-19(5-2)22(15-20)24-3/h4,8-15H,1,5-7H2,2-3H3/b21-14+. The van der Waals surface area contributed by atoms with Crippen molar-refractivity contribution in [3.63, 3.8) is 0 Å². The lowest BCUT2D eigenvalue weighted by molar-refractivity contribution is 0.410. The number of benzene rings is 2. The predicted molar refractivity (Wildman–Crippen MR) is 101 cm³/mol. The van der Waals surface area contributed by atoms with Gasteiger partial charge in [-0.3, -0.25) is 0 Å². The van der Waals surface area contributed by atoms with E-state index in [-0.39, 0.29) is 0 Å². The summed E-state index contributed by atoms with van der Waals surface area (Å²) in [6.45, 7) is 5.84. The van der Waals surface area contributed by atoms with Crippen molar-refractivity contribution in [2.45, 2.75) is 26.2 Å². The van der Waals surface area contributed by atoms with E-state index in [4.69, 9.17) is 4.74 Å². The number of rotatable bonds is 7. The molecule has 0 bridgehead atoms. The van der Waals surface area contributed by atoms with Gasteiger partial charge in [0.25, 0.3) is 0 Å². The van der Waals surface area contributed by atoms with Crippen molar-refractivity contribution in [2.24, 2.45) is 0 Å². The van der Waals surface area contributed by atoms with E-state index < -0.39 is 0 Å². The second-order valence-corrected chi connectivity index (χ2v) is 5.62. The monoisotopic (exact) mass is 317 g/mol. The Hall–Kier alpha value is -2.79. The highest BCUT2D eigenvalue weighted by Crippen LogP contribution is 2.26. The summed E-state index contributed by atoms with van der Waals surface area (Å²) in [7, 11) is 1.66. The summed E-state index contributed by atoms with van der Waals surface area (Å²) in [5.41, 5.74) is 4.95. The van der Waals surface area contributed by atoms with Crippen molar-refractivity contribution in [3.05, 3.63) is 77.4 Å². The molecule has 0 aliphatic rings. The number of nitriles is 1. The zero-order valence-electron chi connectivity index (χ0n) is 14.4. The van der Waals surface area contributed by atoms with Crippen LogP contribution in [0.2, 0.25) is 0 Å². The number of hydrogen-bond donors (Lipinski definition) is 0. The molecular weight excluding hydrogens is 294 g/mol. The molecule has 24 heavy (non-hydrogen) atoms. The molecule has 0 atom stereocenters. The van der Waals surface area contributed by atoms with E-state index in [2.05, 4.69) is 31.7 Å². The fourth-order valence-corrected chi connectivity index (χ4v) is 2.60. The van der Waals surface area contributed by atoms with Gasteiger partial charge in [0.1, 0.15) is 5.75 Å². The van der Waals surface area contributed by atoms with Crippen molar-refractivity contribution in [3.8, 4) is 11.8 Å². The van der Waals surface area contributed by atoms with Gasteiger partial charge in [0.2, 0.25) is 0 Å². The van der Waals surface area contributed by atoms with Crippen LogP contribution in [0.3, 0.4) is 0 Å². The number of ether oxygens (including phenoxy) is 1. The highest BCUT2D eigenvalue weighted by Gasteiger charge is 2.07. The Morgan fingerprint density at radius 2 is 1.96 bits per heavy atom. The lowest BCUT2D eigenvalue weighted by atomic mass is 10.00. The maximum atomic E-state index is 9.53. The van der Waals surface area contributed by atoms with Crippen LogP contribution in [0.5, 0.6) is 5.75 Å². The summed E-state index contributed by atoms with van der Waals surface area (Å²) < 4.78 is 5.43. The fourth-order valence-electron chi connectivity index (χ4n) is 2.60. The first-order valence-electron chi connectivity index (χ1n) is 8.20. The SMILES string of the molecule is C=CCCc1ccc(/C=C(\C#N)c2ccc(CC)c(OC)c2)cc1. The summed E-state index contributed by atoms with van der Waals surface area (Å²) in [5, 5.41) is 9.53. The zero-order valence-corrected chi connectivity index (χ0v) is 14.4. The first-order valence-corrected chi connectivity index (χ1v) is 8.20. The average Bonchev–Trinajstić information content (AvgIpc) is 2.64. The van der Waals surface area contributed by atoms with E-state index in [0.29, 0.717) is 5.57 Å². The minimum atomic E-state index is 0.634. The number of hydrogen-bond acceptors (Lipinski definition) is 2. The molecule has 122 valence electrons. The Kier molecular flexibility index (Phi) is 6.40. The van der Waals surface area contributed by atoms with Gasteiger partial charge in [0, 0.05) is 0 Å². The smallest absolute Gasteiger partial charge is 0.122 e. The highest BCUT2D eigenvalue weighted by atomic mass is 16.5. The molecule has 0 N–H and O–H groups in total. The molecule has 0 aromatic heterocycles. The van der Waals surface area contributed by atoms with Crippen molar-refractivity contribution in [1.82, 2.24) is 0 Å². The van der Waals surface area contributed by atoms with E-state index >= 15 is 0 Å². The van der Waals surface area contributed by atoms with Crippen LogP contribution in [-0.2, 0) is 12.8 Å². The van der Waals surface area contributed by atoms with E-state index in [9.17, 15) is 5.26 Å². The van der Waals surface area contributed by atoms with Crippen LogP contribution in [0.25, 0.3) is 11.6 Å². The summed E-state index contributed by atoms with van der Waals surface area (Å²) >= 11 is 0. The molecule has 0 amide bonds. The summed E-state index contributed by atoms with van der Waals surface area (Å²) in [6, 6.07) is 16.5. The first kappa shape index (κ1) is 17.6. The summed E-state index contributed by atoms with van der Waals surface area (Å²) in [6.07, 6.45) is 6.71. The van der Waals surface area contributed by atoms with Gasteiger partial charge in [0.05, 0.1) is 18.8 Å². The molecule has 0 heterocycles. The predicted octanol–water partition coefficient (Wildman–Crippen LogP) is 5.44. The molecule has 0 unspecified atom stereocenters. The van der Waals surface area contributed by atoms with Crippen LogP contribution >= 0.6 is 0 Å². The average molecular weight is 317 g/mol. The molecular formula is C22H23NO. The normalized spacial score (nSPS) is 11.0. The fraction of sp³-hybridized carbons (Fsp3) is 0.227. The number of nitrogens with zero attached hydrogens (tertiary/aromatic N) is 1. The lowest BCUT2D eigenvalue weighted by Gasteiger charge is -2.09. The van der Waals surface area contributed by atoms with Crippen molar-refractivity contribution >= 4 is 11.6 Å². The van der Waals surface area contributed by atoms with E-state index in [0.717, 1.165) is 41.7 Å². The number of methoxy groups -OCH3 is 1. The van der Waals surface area contributed by atoms with Gasteiger partial charge in [-0.05, 0) is 53.7 Å². The van der Waals surface area contributed by atoms with Gasteiger partial charge in [-0.25, -0.2) is 0 Å².